The number of alkyl halides is 3. The van der Waals surface area contributed by atoms with Crippen molar-refractivity contribution < 1.29 is 26.4 Å². The van der Waals surface area contributed by atoms with Gasteiger partial charge in [0.25, 0.3) is 0 Å². The number of carbonyl (C=O) groups excluding carboxylic acids is 1. The average molecular weight is 427 g/mol. The zero-order valence-corrected chi connectivity index (χ0v) is 16.5. The number of hydrogen-bond acceptors (Lipinski definition) is 5. The molecule has 1 aliphatic heterocycles. The van der Waals surface area contributed by atoms with E-state index in [1.165, 1.54) is 35.5 Å². The van der Waals surface area contributed by atoms with Crippen molar-refractivity contribution in [1.82, 2.24) is 9.29 Å². The van der Waals surface area contributed by atoms with Gasteiger partial charge in [0.15, 0.2) is 5.78 Å². The summed E-state index contributed by atoms with van der Waals surface area (Å²) < 4.78 is 65.4. The number of halogens is 3. The van der Waals surface area contributed by atoms with Gasteiger partial charge in [-0.1, -0.05) is 12.1 Å². The van der Waals surface area contributed by atoms with Crippen LogP contribution in [0.4, 0.5) is 19.0 Å². The van der Waals surface area contributed by atoms with Crippen LogP contribution in [-0.4, -0.2) is 49.7 Å². The summed E-state index contributed by atoms with van der Waals surface area (Å²) in [6.07, 6.45) is -3.18. The molecule has 2 heterocycles. The second-order valence-electron chi connectivity index (χ2n) is 6.73. The minimum atomic E-state index is -4.45. The summed E-state index contributed by atoms with van der Waals surface area (Å²) in [6.45, 7) is 2.56. The van der Waals surface area contributed by atoms with Gasteiger partial charge >= 0.3 is 6.18 Å². The zero-order chi connectivity index (χ0) is 21.2. The normalized spacial score (nSPS) is 16.5. The standard InChI is InChI=1S/C19H20F3N3O3S/c1-14(26)15-4-2-5-17(12-15)29(27,28)25-9-3-8-24(10-11-25)18-7-6-16(13-23-18)19(20,21)22/h2,4-7,12-13H,3,8-11H2,1H3. The van der Waals surface area contributed by atoms with Crippen LogP contribution < -0.4 is 4.90 Å². The van der Waals surface area contributed by atoms with Crippen molar-refractivity contribution in [2.75, 3.05) is 31.1 Å². The van der Waals surface area contributed by atoms with Crippen molar-refractivity contribution in [2.45, 2.75) is 24.4 Å². The van der Waals surface area contributed by atoms with Gasteiger partial charge in [-0.2, -0.15) is 17.5 Å². The third kappa shape index (κ3) is 4.76. The van der Waals surface area contributed by atoms with Gasteiger partial charge in [0.05, 0.1) is 10.5 Å². The molecule has 1 aliphatic rings. The van der Waals surface area contributed by atoms with E-state index in [2.05, 4.69) is 4.98 Å². The van der Waals surface area contributed by atoms with Crippen LogP contribution in [0.25, 0.3) is 0 Å². The Bertz CT molecular complexity index is 992. The van der Waals surface area contributed by atoms with Crippen molar-refractivity contribution in [3.05, 3.63) is 53.7 Å². The molecule has 0 bridgehead atoms. The molecule has 0 unspecified atom stereocenters. The number of aromatic nitrogens is 1. The van der Waals surface area contributed by atoms with Crippen molar-refractivity contribution in [3.63, 3.8) is 0 Å². The molecule has 0 spiro atoms. The molecule has 1 fully saturated rings. The fourth-order valence-electron chi connectivity index (χ4n) is 3.13. The third-order valence-corrected chi connectivity index (χ3v) is 6.63. The lowest BCUT2D eigenvalue weighted by atomic mass is 10.2. The molecule has 2 aromatic rings. The Balaban J connectivity index is 1.75. The number of carbonyl (C=O) groups is 1. The summed E-state index contributed by atoms with van der Waals surface area (Å²) in [7, 11) is -3.79. The summed E-state index contributed by atoms with van der Waals surface area (Å²) >= 11 is 0. The van der Waals surface area contributed by atoms with Gasteiger partial charge in [-0.3, -0.25) is 4.79 Å². The quantitative estimate of drug-likeness (QED) is 0.701. The highest BCUT2D eigenvalue weighted by molar-refractivity contribution is 7.89. The van der Waals surface area contributed by atoms with E-state index in [0.717, 1.165) is 12.3 Å². The molecule has 6 nitrogen and oxygen atoms in total. The predicted octanol–water partition coefficient (Wildman–Crippen LogP) is 3.20. The first-order valence-corrected chi connectivity index (χ1v) is 10.4. The monoisotopic (exact) mass is 427 g/mol. The van der Waals surface area contributed by atoms with E-state index in [-0.39, 0.29) is 23.8 Å². The number of anilines is 1. The topological polar surface area (TPSA) is 70.6 Å². The molecule has 0 amide bonds. The molecule has 1 aromatic carbocycles. The first-order chi connectivity index (χ1) is 13.6. The number of Topliss-reactive ketones (excluding diaryl/α,β-unsaturated/α-hetero) is 1. The molecule has 1 saturated heterocycles. The molecule has 10 heteroatoms. The summed E-state index contributed by atoms with van der Waals surface area (Å²) in [6, 6.07) is 8.15. The summed E-state index contributed by atoms with van der Waals surface area (Å²) in [5.74, 6) is 0.147. The van der Waals surface area contributed by atoms with Crippen molar-refractivity contribution in [2.24, 2.45) is 0 Å². The van der Waals surface area contributed by atoms with Crippen molar-refractivity contribution in [3.8, 4) is 0 Å². The Hall–Kier alpha value is -2.46. The first kappa shape index (κ1) is 21.3. The fraction of sp³-hybridized carbons (Fsp3) is 0.368. The van der Waals surface area contributed by atoms with E-state index in [9.17, 15) is 26.4 Å². The fourth-order valence-corrected chi connectivity index (χ4v) is 4.64. The summed E-state index contributed by atoms with van der Waals surface area (Å²) in [5.41, 5.74) is -0.512. The van der Waals surface area contributed by atoms with Crippen LogP contribution in [0.3, 0.4) is 0 Å². The van der Waals surface area contributed by atoms with Crippen LogP contribution in [0.2, 0.25) is 0 Å². The van der Waals surface area contributed by atoms with Gasteiger partial charge in [-0.15, -0.1) is 0 Å². The van der Waals surface area contributed by atoms with E-state index in [1.807, 2.05) is 0 Å². The van der Waals surface area contributed by atoms with Crippen LogP contribution in [0.1, 0.15) is 29.3 Å². The lowest BCUT2D eigenvalue weighted by Gasteiger charge is -2.23. The molecule has 156 valence electrons. The molecule has 0 saturated carbocycles. The number of hydrogen-bond donors (Lipinski definition) is 0. The summed E-state index contributed by atoms with van der Waals surface area (Å²) in [4.78, 5) is 17.2. The average Bonchev–Trinajstić information content (AvgIpc) is 2.94. The van der Waals surface area contributed by atoms with Crippen LogP contribution in [0.15, 0.2) is 47.5 Å². The highest BCUT2D eigenvalue weighted by Crippen LogP contribution is 2.29. The molecule has 0 radical (unpaired) electrons. The van der Waals surface area contributed by atoms with Crippen molar-refractivity contribution in [1.29, 1.82) is 0 Å². The second-order valence-corrected chi connectivity index (χ2v) is 8.67. The van der Waals surface area contributed by atoms with Gasteiger partial charge in [-0.05, 0) is 37.6 Å². The molecule has 0 aliphatic carbocycles. The molecule has 0 atom stereocenters. The minimum Gasteiger partial charge on any atom is -0.355 e. The van der Waals surface area contributed by atoms with Gasteiger partial charge < -0.3 is 4.90 Å². The maximum Gasteiger partial charge on any atom is 0.417 e. The van der Waals surface area contributed by atoms with Crippen LogP contribution in [-0.2, 0) is 16.2 Å². The van der Waals surface area contributed by atoms with E-state index in [4.69, 9.17) is 0 Å². The molecular formula is C19H20F3N3O3S. The SMILES string of the molecule is CC(=O)c1cccc(S(=O)(=O)N2CCCN(c3ccc(C(F)(F)F)cn3)CC2)c1. The smallest absolute Gasteiger partial charge is 0.355 e. The Labute approximate surface area is 167 Å². The number of rotatable bonds is 4. The summed E-state index contributed by atoms with van der Waals surface area (Å²) in [5, 5.41) is 0. The predicted molar refractivity (Wildman–Crippen MR) is 101 cm³/mol. The Morgan fingerprint density at radius 1 is 1.07 bits per heavy atom. The van der Waals surface area contributed by atoms with Gasteiger partial charge in [0, 0.05) is 37.9 Å². The molecule has 1 aromatic heterocycles. The Morgan fingerprint density at radius 3 is 2.45 bits per heavy atom. The highest BCUT2D eigenvalue weighted by Gasteiger charge is 2.31. The van der Waals surface area contributed by atoms with Gasteiger partial charge in [0.1, 0.15) is 5.82 Å². The first-order valence-electron chi connectivity index (χ1n) is 8.98. The number of benzene rings is 1. The Kier molecular flexibility index (Phi) is 5.95. The van der Waals surface area contributed by atoms with E-state index in [0.29, 0.717) is 30.9 Å². The maximum atomic E-state index is 13.0. The highest BCUT2D eigenvalue weighted by atomic mass is 32.2. The molecule has 3 rings (SSSR count). The largest absolute Gasteiger partial charge is 0.417 e. The molecule has 0 N–H and O–H groups in total. The zero-order valence-electron chi connectivity index (χ0n) is 15.7. The lowest BCUT2D eigenvalue weighted by Crippen LogP contribution is -2.35. The van der Waals surface area contributed by atoms with Gasteiger partial charge in [-0.25, -0.2) is 13.4 Å². The van der Waals surface area contributed by atoms with E-state index < -0.39 is 21.8 Å². The van der Waals surface area contributed by atoms with E-state index >= 15 is 0 Å². The van der Waals surface area contributed by atoms with Gasteiger partial charge in [0.2, 0.25) is 10.0 Å². The van der Waals surface area contributed by atoms with Crippen LogP contribution >= 0.6 is 0 Å². The third-order valence-electron chi connectivity index (χ3n) is 4.73. The maximum absolute atomic E-state index is 13.0. The number of pyridine rings is 1. The van der Waals surface area contributed by atoms with E-state index in [1.54, 1.807) is 11.0 Å². The lowest BCUT2D eigenvalue weighted by molar-refractivity contribution is -0.137. The molecule has 29 heavy (non-hydrogen) atoms. The number of sulfonamides is 1. The second kappa shape index (κ2) is 8.11. The van der Waals surface area contributed by atoms with Crippen LogP contribution in [0.5, 0.6) is 0 Å². The Morgan fingerprint density at radius 2 is 1.83 bits per heavy atom. The number of nitrogens with zero attached hydrogens (tertiary/aromatic N) is 3. The van der Waals surface area contributed by atoms with Crippen molar-refractivity contribution >= 4 is 21.6 Å². The number of ketones is 1. The minimum absolute atomic E-state index is 0.0475. The molecular weight excluding hydrogens is 407 g/mol. The van der Waals surface area contributed by atoms with Crippen LogP contribution in [0, 0.1) is 0 Å².